The van der Waals surface area contributed by atoms with Crippen LogP contribution in [0.5, 0.6) is 0 Å². The number of hydrogen-bond acceptors (Lipinski definition) is 2. The first-order valence-corrected chi connectivity index (χ1v) is 14.6. The number of rotatable bonds is 10. The third-order valence-electron chi connectivity index (χ3n) is 8.10. The Morgan fingerprint density at radius 2 is 1.10 bits per heavy atom. The maximum atomic E-state index is 5.48. The molecule has 39 heavy (non-hydrogen) atoms. The predicted octanol–water partition coefficient (Wildman–Crippen LogP) is 11.2. The van der Waals surface area contributed by atoms with Crippen molar-refractivity contribution in [2.24, 2.45) is 4.99 Å². The van der Waals surface area contributed by atoms with E-state index in [0.717, 1.165) is 22.5 Å². The van der Waals surface area contributed by atoms with Crippen LogP contribution in [0.2, 0.25) is 0 Å². The molecule has 3 aromatic rings. The van der Waals surface area contributed by atoms with E-state index < -0.39 is 5.54 Å². The van der Waals surface area contributed by atoms with Crippen molar-refractivity contribution in [3.63, 3.8) is 0 Å². The van der Waals surface area contributed by atoms with Gasteiger partial charge in [-0.1, -0.05) is 128 Å². The first kappa shape index (κ1) is 30.4. The van der Waals surface area contributed by atoms with E-state index in [0.29, 0.717) is 23.7 Å². The Morgan fingerprint density at radius 3 is 1.51 bits per heavy atom. The second kappa shape index (κ2) is 12.4. The first-order chi connectivity index (χ1) is 18.3. The van der Waals surface area contributed by atoms with Crippen molar-refractivity contribution in [2.75, 3.05) is 5.32 Å². The van der Waals surface area contributed by atoms with Crippen LogP contribution in [-0.2, 0) is 0 Å². The summed E-state index contributed by atoms with van der Waals surface area (Å²) >= 11 is 0. The highest BCUT2D eigenvalue weighted by Crippen LogP contribution is 2.41. The van der Waals surface area contributed by atoms with E-state index in [1.807, 2.05) is 0 Å². The number of aryl methyl sites for hydroxylation is 1. The zero-order valence-electron chi connectivity index (χ0n) is 26.2. The van der Waals surface area contributed by atoms with Crippen molar-refractivity contribution in [3.8, 4) is 0 Å². The minimum atomic E-state index is -0.609. The molecule has 0 heterocycles. The Morgan fingerprint density at radius 1 is 0.692 bits per heavy atom. The molecule has 1 unspecified atom stereocenters. The molecule has 0 spiro atoms. The summed E-state index contributed by atoms with van der Waals surface area (Å²) in [7, 11) is 0. The SMILES string of the molecule is C=C(c1ccc(C)cc1)C(C)(Nc1c(C(C)C)cccc1C(C)C)C(C)=Nc1c(C(C)C)cccc1C(C)C. The van der Waals surface area contributed by atoms with Gasteiger partial charge in [0.05, 0.1) is 11.2 Å². The Kier molecular flexibility index (Phi) is 9.64. The van der Waals surface area contributed by atoms with Gasteiger partial charge < -0.3 is 5.32 Å². The minimum absolute atomic E-state index is 0.379. The molecule has 1 N–H and O–H groups in total. The topological polar surface area (TPSA) is 24.4 Å². The molecule has 0 aliphatic heterocycles. The third-order valence-corrected chi connectivity index (χ3v) is 8.10. The van der Waals surface area contributed by atoms with E-state index in [9.17, 15) is 0 Å². The lowest BCUT2D eigenvalue weighted by Gasteiger charge is -2.37. The fourth-order valence-electron chi connectivity index (χ4n) is 5.29. The van der Waals surface area contributed by atoms with Gasteiger partial charge in [0.25, 0.3) is 0 Å². The van der Waals surface area contributed by atoms with Crippen LogP contribution < -0.4 is 5.32 Å². The second-order valence-corrected chi connectivity index (χ2v) is 12.5. The monoisotopic (exact) mass is 522 g/mol. The van der Waals surface area contributed by atoms with Crippen LogP contribution in [0.25, 0.3) is 5.57 Å². The summed E-state index contributed by atoms with van der Waals surface area (Å²) in [6, 6.07) is 22.0. The van der Waals surface area contributed by atoms with Gasteiger partial charge in [-0.05, 0) is 77.8 Å². The number of nitrogens with zero attached hydrogens (tertiary/aromatic N) is 1. The van der Waals surface area contributed by atoms with E-state index in [1.165, 1.54) is 33.5 Å². The van der Waals surface area contributed by atoms with Gasteiger partial charge in [0.15, 0.2) is 0 Å². The largest absolute Gasteiger partial charge is 0.370 e. The highest BCUT2D eigenvalue weighted by Gasteiger charge is 2.34. The van der Waals surface area contributed by atoms with Gasteiger partial charge in [0, 0.05) is 11.4 Å². The van der Waals surface area contributed by atoms with E-state index in [-0.39, 0.29) is 0 Å². The molecule has 0 radical (unpaired) electrons. The second-order valence-electron chi connectivity index (χ2n) is 12.5. The number of benzene rings is 3. The summed E-state index contributed by atoms with van der Waals surface area (Å²) < 4.78 is 0. The summed E-state index contributed by atoms with van der Waals surface area (Å²) in [5.41, 5.74) is 11.3. The van der Waals surface area contributed by atoms with Crippen molar-refractivity contribution in [1.29, 1.82) is 0 Å². The summed E-state index contributed by atoms with van der Waals surface area (Å²) in [5.74, 6) is 1.53. The van der Waals surface area contributed by atoms with Crippen molar-refractivity contribution in [3.05, 3.63) is 101 Å². The lowest BCUT2D eigenvalue weighted by Crippen LogP contribution is -2.43. The van der Waals surface area contributed by atoms with Gasteiger partial charge in [0.1, 0.15) is 0 Å². The number of para-hydroxylation sites is 2. The Hall–Kier alpha value is -3.13. The molecule has 0 aliphatic rings. The lowest BCUT2D eigenvalue weighted by atomic mass is 9.81. The van der Waals surface area contributed by atoms with E-state index >= 15 is 0 Å². The Bertz CT molecular complexity index is 1270. The molecule has 3 aromatic carbocycles. The Balaban J connectivity index is 2.32. The van der Waals surface area contributed by atoms with Crippen LogP contribution in [0.3, 0.4) is 0 Å². The van der Waals surface area contributed by atoms with Crippen LogP contribution in [0.1, 0.15) is 126 Å². The van der Waals surface area contributed by atoms with E-state index in [4.69, 9.17) is 11.6 Å². The number of hydrogen-bond donors (Lipinski definition) is 1. The molecule has 3 rings (SSSR count). The maximum absolute atomic E-state index is 5.48. The molecule has 0 saturated heterocycles. The van der Waals surface area contributed by atoms with Crippen molar-refractivity contribution in [2.45, 2.75) is 105 Å². The number of aliphatic imine (C=N–C) groups is 1. The smallest absolute Gasteiger partial charge is 0.0981 e. The summed E-state index contributed by atoms with van der Waals surface area (Å²) in [6.45, 7) is 29.3. The Labute approximate surface area is 238 Å². The first-order valence-electron chi connectivity index (χ1n) is 14.6. The molecular weight excluding hydrogens is 472 g/mol. The molecule has 0 saturated carbocycles. The van der Waals surface area contributed by atoms with Crippen molar-refractivity contribution in [1.82, 2.24) is 0 Å². The highest BCUT2D eigenvalue weighted by atomic mass is 15.0. The quantitative estimate of drug-likeness (QED) is 0.263. The molecule has 1 atom stereocenters. The van der Waals surface area contributed by atoms with Crippen LogP contribution in [-0.4, -0.2) is 11.3 Å². The molecule has 0 fully saturated rings. The molecule has 0 aromatic heterocycles. The molecule has 2 nitrogen and oxygen atoms in total. The van der Waals surface area contributed by atoms with Crippen LogP contribution >= 0.6 is 0 Å². The lowest BCUT2D eigenvalue weighted by molar-refractivity contribution is 0.802. The third kappa shape index (κ3) is 6.55. The van der Waals surface area contributed by atoms with E-state index in [2.05, 4.69) is 142 Å². The minimum Gasteiger partial charge on any atom is -0.370 e. The van der Waals surface area contributed by atoms with Gasteiger partial charge in [-0.3, -0.25) is 4.99 Å². The van der Waals surface area contributed by atoms with Crippen LogP contribution in [0, 0.1) is 6.92 Å². The van der Waals surface area contributed by atoms with Gasteiger partial charge in [-0.2, -0.15) is 0 Å². The average molecular weight is 523 g/mol. The fraction of sp³-hybridized carbons (Fsp3) is 0.432. The maximum Gasteiger partial charge on any atom is 0.0981 e. The van der Waals surface area contributed by atoms with Crippen LogP contribution in [0.15, 0.2) is 72.2 Å². The molecule has 208 valence electrons. The highest BCUT2D eigenvalue weighted by molar-refractivity contribution is 6.07. The van der Waals surface area contributed by atoms with Gasteiger partial charge in [0.2, 0.25) is 0 Å². The van der Waals surface area contributed by atoms with Crippen LogP contribution in [0.4, 0.5) is 11.4 Å². The zero-order valence-corrected chi connectivity index (χ0v) is 26.2. The van der Waals surface area contributed by atoms with Crippen molar-refractivity contribution >= 4 is 22.7 Å². The number of anilines is 1. The fourth-order valence-corrected chi connectivity index (χ4v) is 5.29. The molecule has 2 heteroatoms. The number of nitrogens with one attached hydrogen (secondary N) is 1. The van der Waals surface area contributed by atoms with Gasteiger partial charge in [-0.25, -0.2) is 0 Å². The normalized spacial score (nSPS) is 13.9. The van der Waals surface area contributed by atoms with Gasteiger partial charge in [-0.15, -0.1) is 0 Å². The van der Waals surface area contributed by atoms with Gasteiger partial charge >= 0.3 is 0 Å². The summed E-state index contributed by atoms with van der Waals surface area (Å²) in [4.78, 5) is 5.48. The molecule has 0 aliphatic carbocycles. The summed E-state index contributed by atoms with van der Waals surface area (Å²) in [5, 5.41) is 4.06. The molecule has 0 amide bonds. The van der Waals surface area contributed by atoms with Crippen molar-refractivity contribution < 1.29 is 0 Å². The molecule has 0 bridgehead atoms. The zero-order chi connectivity index (χ0) is 29.1. The standard InChI is InChI=1S/C37H50N2/c1-23(2)31-15-13-16-32(24(3)4)35(31)38-29(11)37(12,28(10)30-21-19-27(9)20-22-30)39-36-33(25(5)6)17-14-18-34(36)26(7)8/h13-26,39H,10H2,1-9,11-12H3. The average Bonchev–Trinajstić information content (AvgIpc) is 2.88. The van der Waals surface area contributed by atoms with E-state index in [1.54, 1.807) is 0 Å². The molecular formula is C37H50N2. The predicted molar refractivity (Wildman–Crippen MR) is 174 cm³/mol. The summed E-state index contributed by atoms with van der Waals surface area (Å²) in [6.07, 6.45) is 0.